The third kappa shape index (κ3) is 4.73. The number of oxazole rings is 1. The van der Waals surface area contributed by atoms with E-state index in [4.69, 9.17) is 9.15 Å². The van der Waals surface area contributed by atoms with Crippen molar-refractivity contribution in [1.29, 1.82) is 0 Å². The molecule has 22 heavy (non-hydrogen) atoms. The highest BCUT2D eigenvalue weighted by molar-refractivity contribution is 5.68. The van der Waals surface area contributed by atoms with Gasteiger partial charge in [-0.25, -0.2) is 9.78 Å². The molecular weight excluding hydrogens is 282 g/mol. The number of rotatable bonds is 3. The van der Waals surface area contributed by atoms with Crippen LogP contribution in [0.5, 0.6) is 0 Å². The monoisotopic (exact) mass is 309 g/mol. The van der Waals surface area contributed by atoms with Crippen LogP contribution < -0.4 is 5.32 Å². The molecule has 1 unspecified atom stereocenters. The van der Waals surface area contributed by atoms with E-state index in [2.05, 4.69) is 10.3 Å². The lowest BCUT2D eigenvalue weighted by molar-refractivity contribution is 0.0186. The van der Waals surface area contributed by atoms with Gasteiger partial charge in [0.1, 0.15) is 11.4 Å². The van der Waals surface area contributed by atoms with Crippen LogP contribution in [0.25, 0.3) is 0 Å². The van der Waals surface area contributed by atoms with Crippen LogP contribution in [0.4, 0.5) is 4.79 Å². The third-order valence-corrected chi connectivity index (χ3v) is 3.69. The van der Waals surface area contributed by atoms with Gasteiger partial charge < -0.3 is 19.4 Å². The third-order valence-electron chi connectivity index (χ3n) is 3.69. The van der Waals surface area contributed by atoms with Gasteiger partial charge in [-0.3, -0.25) is 0 Å². The molecule has 1 saturated heterocycles. The highest BCUT2D eigenvalue weighted by atomic mass is 16.6. The normalized spacial score (nSPS) is 19.3. The Morgan fingerprint density at radius 2 is 2.18 bits per heavy atom. The fraction of sp³-hybridized carbons (Fsp3) is 0.750. The number of aromatic nitrogens is 1. The van der Waals surface area contributed by atoms with E-state index in [1.54, 1.807) is 4.90 Å². The average molecular weight is 309 g/mol. The van der Waals surface area contributed by atoms with Crippen LogP contribution in [-0.4, -0.2) is 40.7 Å². The zero-order valence-corrected chi connectivity index (χ0v) is 14.2. The van der Waals surface area contributed by atoms with Crippen molar-refractivity contribution in [2.24, 2.45) is 0 Å². The van der Waals surface area contributed by atoms with Crippen molar-refractivity contribution >= 4 is 6.09 Å². The Hall–Kier alpha value is -1.56. The summed E-state index contributed by atoms with van der Waals surface area (Å²) in [7, 11) is 0. The van der Waals surface area contributed by atoms with E-state index in [0.717, 1.165) is 30.8 Å². The van der Waals surface area contributed by atoms with Gasteiger partial charge in [0.25, 0.3) is 0 Å². The Balaban J connectivity index is 1.84. The van der Waals surface area contributed by atoms with Crippen molar-refractivity contribution in [3.63, 3.8) is 0 Å². The maximum absolute atomic E-state index is 12.1. The number of piperidine rings is 1. The number of amides is 1. The molecule has 0 spiro atoms. The molecule has 1 aromatic rings. The zero-order valence-electron chi connectivity index (χ0n) is 14.2. The fourth-order valence-corrected chi connectivity index (χ4v) is 2.48. The van der Waals surface area contributed by atoms with E-state index in [9.17, 15) is 4.79 Å². The highest BCUT2D eigenvalue weighted by Gasteiger charge is 2.27. The predicted molar refractivity (Wildman–Crippen MR) is 83.6 cm³/mol. The van der Waals surface area contributed by atoms with Gasteiger partial charge in [-0.1, -0.05) is 0 Å². The summed E-state index contributed by atoms with van der Waals surface area (Å²) in [5.74, 6) is 1.56. The van der Waals surface area contributed by atoms with Crippen molar-refractivity contribution in [3.8, 4) is 0 Å². The topological polar surface area (TPSA) is 67.6 Å². The van der Waals surface area contributed by atoms with E-state index in [1.165, 1.54) is 0 Å². The van der Waals surface area contributed by atoms with Gasteiger partial charge >= 0.3 is 6.09 Å². The van der Waals surface area contributed by atoms with Gasteiger partial charge in [-0.15, -0.1) is 0 Å². The molecule has 1 aliphatic heterocycles. The quantitative estimate of drug-likeness (QED) is 0.930. The molecule has 1 atom stereocenters. The smallest absolute Gasteiger partial charge is 0.410 e. The molecule has 1 aliphatic rings. The summed E-state index contributed by atoms with van der Waals surface area (Å²) >= 11 is 0. The summed E-state index contributed by atoms with van der Waals surface area (Å²) < 4.78 is 11.0. The van der Waals surface area contributed by atoms with Crippen LogP contribution in [0.15, 0.2) is 4.42 Å². The number of hydrogen-bond acceptors (Lipinski definition) is 5. The highest BCUT2D eigenvalue weighted by Crippen LogP contribution is 2.16. The molecule has 1 fully saturated rings. The van der Waals surface area contributed by atoms with Crippen molar-refractivity contribution in [3.05, 3.63) is 17.3 Å². The molecule has 1 aromatic heterocycles. The van der Waals surface area contributed by atoms with E-state index < -0.39 is 5.60 Å². The first-order valence-corrected chi connectivity index (χ1v) is 7.89. The van der Waals surface area contributed by atoms with Gasteiger partial charge in [0.05, 0.1) is 12.2 Å². The molecule has 2 rings (SSSR count). The molecule has 0 aromatic carbocycles. The van der Waals surface area contributed by atoms with E-state index in [0.29, 0.717) is 19.0 Å². The van der Waals surface area contributed by atoms with Gasteiger partial charge in [-0.2, -0.15) is 0 Å². The van der Waals surface area contributed by atoms with E-state index in [-0.39, 0.29) is 12.1 Å². The number of likely N-dealkylation sites (tertiary alicyclic amines) is 1. The minimum Gasteiger partial charge on any atom is -0.444 e. The first-order chi connectivity index (χ1) is 10.2. The van der Waals surface area contributed by atoms with Crippen LogP contribution in [-0.2, 0) is 11.3 Å². The van der Waals surface area contributed by atoms with E-state index in [1.807, 2.05) is 34.6 Å². The lowest BCUT2D eigenvalue weighted by Gasteiger charge is -2.34. The number of carbonyl (C=O) groups is 1. The van der Waals surface area contributed by atoms with Crippen molar-refractivity contribution in [1.82, 2.24) is 15.2 Å². The number of aryl methyl sites for hydroxylation is 2. The van der Waals surface area contributed by atoms with Crippen LogP contribution in [0.2, 0.25) is 0 Å². The van der Waals surface area contributed by atoms with Crippen molar-refractivity contribution in [2.45, 2.75) is 65.6 Å². The largest absolute Gasteiger partial charge is 0.444 e. The van der Waals surface area contributed by atoms with Crippen LogP contribution in [0, 0.1) is 13.8 Å². The second kappa shape index (κ2) is 6.69. The Bertz CT molecular complexity index is 500. The Morgan fingerprint density at radius 3 is 2.77 bits per heavy atom. The molecule has 1 amide bonds. The summed E-state index contributed by atoms with van der Waals surface area (Å²) in [5.41, 5.74) is 0.473. The number of hydrogen-bond donors (Lipinski definition) is 1. The number of nitrogens with one attached hydrogen (secondary N) is 1. The molecule has 6 nitrogen and oxygen atoms in total. The molecule has 124 valence electrons. The summed E-state index contributed by atoms with van der Waals surface area (Å²) in [6.45, 7) is 11.5. The summed E-state index contributed by atoms with van der Waals surface area (Å²) in [6.07, 6.45) is 1.78. The molecule has 0 bridgehead atoms. The second-order valence-corrected chi connectivity index (χ2v) is 6.90. The second-order valence-electron chi connectivity index (χ2n) is 6.90. The lowest BCUT2D eigenvalue weighted by atomic mass is 10.1. The average Bonchev–Trinajstić information content (AvgIpc) is 2.74. The first kappa shape index (κ1) is 16.8. The molecule has 0 radical (unpaired) electrons. The van der Waals surface area contributed by atoms with Crippen LogP contribution in [0.1, 0.15) is 51.0 Å². The Labute approximate surface area is 132 Å². The van der Waals surface area contributed by atoms with Gasteiger partial charge in [0.15, 0.2) is 0 Å². The maximum atomic E-state index is 12.1. The van der Waals surface area contributed by atoms with Gasteiger partial charge in [0, 0.05) is 19.1 Å². The SMILES string of the molecule is Cc1nc(CNC2CCCN(C(=O)OC(C)(C)C)C2)oc1C. The lowest BCUT2D eigenvalue weighted by Crippen LogP contribution is -2.49. The van der Waals surface area contributed by atoms with Gasteiger partial charge in [0.2, 0.25) is 5.89 Å². The van der Waals surface area contributed by atoms with E-state index >= 15 is 0 Å². The van der Waals surface area contributed by atoms with Crippen LogP contribution >= 0.6 is 0 Å². The molecular formula is C16H27N3O3. The van der Waals surface area contributed by atoms with Gasteiger partial charge in [-0.05, 0) is 47.5 Å². The fourth-order valence-electron chi connectivity index (χ4n) is 2.48. The predicted octanol–water partition coefficient (Wildman–Crippen LogP) is 2.78. The minimum absolute atomic E-state index is 0.234. The molecule has 0 saturated carbocycles. The minimum atomic E-state index is -0.454. The summed E-state index contributed by atoms with van der Waals surface area (Å²) in [5, 5.41) is 3.42. The van der Waals surface area contributed by atoms with Crippen LogP contribution in [0.3, 0.4) is 0 Å². The molecule has 2 heterocycles. The molecule has 1 N–H and O–H groups in total. The number of carbonyl (C=O) groups excluding carboxylic acids is 1. The zero-order chi connectivity index (χ0) is 16.3. The van der Waals surface area contributed by atoms with Crippen molar-refractivity contribution in [2.75, 3.05) is 13.1 Å². The summed E-state index contributed by atoms with van der Waals surface area (Å²) in [4.78, 5) is 18.3. The summed E-state index contributed by atoms with van der Waals surface area (Å²) in [6, 6.07) is 0.244. The first-order valence-electron chi connectivity index (χ1n) is 7.89. The number of nitrogens with zero attached hydrogens (tertiary/aromatic N) is 2. The molecule has 6 heteroatoms. The van der Waals surface area contributed by atoms with Crippen molar-refractivity contribution < 1.29 is 13.9 Å². The standard InChI is InChI=1S/C16H27N3O3/c1-11-12(2)21-14(18-11)9-17-13-7-6-8-19(10-13)15(20)22-16(3,4)5/h13,17H,6-10H2,1-5H3. The Morgan fingerprint density at radius 1 is 1.45 bits per heavy atom. The Kier molecular flexibility index (Phi) is 5.11. The maximum Gasteiger partial charge on any atom is 0.410 e. The number of ether oxygens (including phenoxy) is 1. The molecule has 0 aliphatic carbocycles.